The van der Waals surface area contributed by atoms with Crippen LogP contribution in [0.15, 0.2) is 22.7 Å². The Morgan fingerprint density at radius 3 is 2.47 bits per heavy atom. The van der Waals surface area contributed by atoms with E-state index in [4.69, 9.17) is 5.73 Å². The van der Waals surface area contributed by atoms with Gasteiger partial charge in [0.1, 0.15) is 5.82 Å². The lowest BCUT2D eigenvalue weighted by molar-refractivity contribution is 0.166. The molecule has 0 saturated heterocycles. The fraction of sp³-hybridized carbons (Fsp3) is 0.538. The molecule has 1 rings (SSSR count). The third kappa shape index (κ3) is 3.50. The van der Waals surface area contributed by atoms with E-state index in [1.165, 1.54) is 0 Å². The van der Waals surface area contributed by atoms with E-state index >= 15 is 0 Å². The standard InChI is InChI=1S/C13H20BrFN2/c1-4-17(9(2)3)13(8-16)10-5-6-11(14)12(15)7-10/h5-7,9,13H,4,8,16H2,1-3H3. The molecule has 0 spiro atoms. The first-order chi connectivity index (χ1) is 8.01. The van der Waals surface area contributed by atoms with Crippen molar-refractivity contribution in [2.75, 3.05) is 13.1 Å². The van der Waals surface area contributed by atoms with Gasteiger partial charge >= 0.3 is 0 Å². The molecule has 0 saturated carbocycles. The van der Waals surface area contributed by atoms with Crippen LogP contribution >= 0.6 is 15.9 Å². The Morgan fingerprint density at radius 1 is 1.41 bits per heavy atom. The van der Waals surface area contributed by atoms with E-state index < -0.39 is 0 Å². The monoisotopic (exact) mass is 302 g/mol. The third-order valence-corrected chi connectivity index (χ3v) is 3.62. The Balaban J connectivity index is 3.03. The molecule has 2 N–H and O–H groups in total. The lowest BCUT2D eigenvalue weighted by Gasteiger charge is -2.33. The number of hydrogen-bond donors (Lipinski definition) is 1. The minimum absolute atomic E-state index is 0.0719. The minimum atomic E-state index is -0.235. The number of nitrogens with two attached hydrogens (primary N) is 1. The maximum absolute atomic E-state index is 13.5. The van der Waals surface area contributed by atoms with Crippen molar-refractivity contribution in [3.8, 4) is 0 Å². The second kappa shape index (κ2) is 6.47. The zero-order valence-electron chi connectivity index (χ0n) is 10.6. The number of halogens is 2. The van der Waals surface area contributed by atoms with E-state index in [0.29, 0.717) is 17.1 Å². The molecule has 0 aromatic heterocycles. The van der Waals surface area contributed by atoms with Crippen LogP contribution in [-0.4, -0.2) is 24.0 Å². The summed E-state index contributed by atoms with van der Waals surface area (Å²) in [6.07, 6.45) is 0. The highest BCUT2D eigenvalue weighted by atomic mass is 79.9. The SMILES string of the molecule is CCN(C(C)C)C(CN)c1ccc(Br)c(F)c1. The molecule has 17 heavy (non-hydrogen) atoms. The Labute approximate surface area is 111 Å². The number of likely N-dealkylation sites (N-methyl/N-ethyl adjacent to an activating group) is 1. The van der Waals surface area contributed by atoms with E-state index in [-0.39, 0.29) is 11.9 Å². The number of benzene rings is 1. The summed E-state index contributed by atoms with van der Waals surface area (Å²) in [5.74, 6) is -0.235. The van der Waals surface area contributed by atoms with Crippen LogP contribution in [-0.2, 0) is 0 Å². The topological polar surface area (TPSA) is 29.3 Å². The molecule has 0 fully saturated rings. The Bertz CT molecular complexity index is 368. The van der Waals surface area contributed by atoms with Crippen LogP contribution in [0.4, 0.5) is 4.39 Å². The zero-order valence-corrected chi connectivity index (χ0v) is 12.2. The molecule has 1 aromatic carbocycles. The molecule has 1 aromatic rings. The van der Waals surface area contributed by atoms with Gasteiger partial charge in [-0.2, -0.15) is 0 Å². The Kier molecular flexibility index (Phi) is 5.56. The zero-order chi connectivity index (χ0) is 13.0. The van der Waals surface area contributed by atoms with Gasteiger partial charge in [-0.05, 0) is 54.0 Å². The van der Waals surface area contributed by atoms with Gasteiger partial charge in [0.05, 0.1) is 4.47 Å². The summed E-state index contributed by atoms with van der Waals surface area (Å²) >= 11 is 3.16. The summed E-state index contributed by atoms with van der Waals surface area (Å²) < 4.78 is 14.0. The second-order valence-electron chi connectivity index (χ2n) is 4.35. The largest absolute Gasteiger partial charge is 0.329 e. The summed E-state index contributed by atoms with van der Waals surface area (Å²) in [7, 11) is 0. The normalized spacial score (nSPS) is 13.4. The first-order valence-corrected chi connectivity index (χ1v) is 6.71. The van der Waals surface area contributed by atoms with Gasteiger partial charge in [0.15, 0.2) is 0 Å². The quantitative estimate of drug-likeness (QED) is 0.904. The fourth-order valence-electron chi connectivity index (χ4n) is 2.13. The fourth-order valence-corrected chi connectivity index (χ4v) is 2.37. The third-order valence-electron chi connectivity index (χ3n) is 2.98. The summed E-state index contributed by atoms with van der Waals surface area (Å²) in [6, 6.07) is 5.69. The van der Waals surface area contributed by atoms with E-state index in [2.05, 4.69) is 41.6 Å². The van der Waals surface area contributed by atoms with Gasteiger partial charge in [0, 0.05) is 18.6 Å². The average molecular weight is 303 g/mol. The van der Waals surface area contributed by atoms with Crippen LogP contribution in [0, 0.1) is 5.82 Å². The average Bonchev–Trinajstić information content (AvgIpc) is 2.29. The van der Waals surface area contributed by atoms with E-state index in [1.54, 1.807) is 12.1 Å². The van der Waals surface area contributed by atoms with Crippen molar-refractivity contribution >= 4 is 15.9 Å². The molecule has 0 aliphatic heterocycles. The van der Waals surface area contributed by atoms with Crippen LogP contribution in [0.3, 0.4) is 0 Å². The van der Waals surface area contributed by atoms with Gasteiger partial charge < -0.3 is 5.73 Å². The summed E-state index contributed by atoms with van der Waals surface area (Å²) in [5.41, 5.74) is 6.77. The summed E-state index contributed by atoms with van der Waals surface area (Å²) in [4.78, 5) is 2.27. The molecule has 0 radical (unpaired) electrons. The first-order valence-electron chi connectivity index (χ1n) is 5.92. The van der Waals surface area contributed by atoms with Gasteiger partial charge in [0.2, 0.25) is 0 Å². The molecule has 0 aliphatic rings. The Morgan fingerprint density at radius 2 is 2.06 bits per heavy atom. The molecule has 4 heteroatoms. The van der Waals surface area contributed by atoms with Crippen molar-refractivity contribution in [3.63, 3.8) is 0 Å². The highest BCUT2D eigenvalue weighted by Gasteiger charge is 2.20. The van der Waals surface area contributed by atoms with Crippen molar-refractivity contribution < 1.29 is 4.39 Å². The van der Waals surface area contributed by atoms with Crippen LogP contribution in [0.1, 0.15) is 32.4 Å². The predicted molar refractivity (Wildman–Crippen MR) is 73.4 cm³/mol. The van der Waals surface area contributed by atoms with Gasteiger partial charge in [-0.15, -0.1) is 0 Å². The van der Waals surface area contributed by atoms with Crippen LogP contribution in [0.25, 0.3) is 0 Å². The highest BCUT2D eigenvalue weighted by Crippen LogP contribution is 2.25. The van der Waals surface area contributed by atoms with Crippen molar-refractivity contribution in [1.29, 1.82) is 0 Å². The van der Waals surface area contributed by atoms with Crippen molar-refractivity contribution in [2.45, 2.75) is 32.9 Å². The molecular formula is C13H20BrFN2. The smallest absolute Gasteiger partial charge is 0.137 e. The molecule has 1 atom stereocenters. The van der Waals surface area contributed by atoms with Gasteiger partial charge in [0.25, 0.3) is 0 Å². The lowest BCUT2D eigenvalue weighted by atomic mass is 10.0. The van der Waals surface area contributed by atoms with Crippen molar-refractivity contribution in [1.82, 2.24) is 4.90 Å². The molecule has 96 valence electrons. The van der Waals surface area contributed by atoms with Crippen molar-refractivity contribution in [2.24, 2.45) is 5.73 Å². The van der Waals surface area contributed by atoms with Crippen molar-refractivity contribution in [3.05, 3.63) is 34.1 Å². The molecule has 1 unspecified atom stereocenters. The molecular weight excluding hydrogens is 283 g/mol. The van der Waals surface area contributed by atoms with E-state index in [9.17, 15) is 4.39 Å². The molecule has 0 heterocycles. The summed E-state index contributed by atoms with van der Waals surface area (Å²) in [6.45, 7) is 7.74. The molecule has 2 nitrogen and oxygen atoms in total. The predicted octanol–water partition coefficient (Wildman–Crippen LogP) is 3.32. The van der Waals surface area contributed by atoms with Gasteiger partial charge in [-0.25, -0.2) is 4.39 Å². The lowest BCUT2D eigenvalue weighted by Crippen LogP contribution is -2.38. The van der Waals surface area contributed by atoms with E-state index in [0.717, 1.165) is 12.1 Å². The number of nitrogens with zero attached hydrogens (tertiary/aromatic N) is 1. The molecule has 0 amide bonds. The number of hydrogen-bond acceptors (Lipinski definition) is 2. The van der Waals surface area contributed by atoms with E-state index in [1.807, 2.05) is 6.07 Å². The van der Waals surface area contributed by atoms with Gasteiger partial charge in [-0.3, -0.25) is 4.90 Å². The van der Waals surface area contributed by atoms with Crippen LogP contribution in [0.2, 0.25) is 0 Å². The molecule has 0 aliphatic carbocycles. The number of rotatable bonds is 5. The first kappa shape index (κ1) is 14.6. The molecule has 0 bridgehead atoms. The maximum atomic E-state index is 13.5. The Hall–Kier alpha value is -0.450. The minimum Gasteiger partial charge on any atom is -0.329 e. The van der Waals surface area contributed by atoms with Crippen LogP contribution in [0.5, 0.6) is 0 Å². The highest BCUT2D eigenvalue weighted by molar-refractivity contribution is 9.10. The second-order valence-corrected chi connectivity index (χ2v) is 5.20. The maximum Gasteiger partial charge on any atom is 0.137 e. The summed E-state index contributed by atoms with van der Waals surface area (Å²) in [5, 5.41) is 0. The van der Waals surface area contributed by atoms with Gasteiger partial charge in [-0.1, -0.05) is 13.0 Å². The van der Waals surface area contributed by atoms with Crippen LogP contribution < -0.4 is 5.73 Å².